The molecule has 3 heteroatoms. The Kier molecular flexibility index (Phi) is 4.14. The van der Waals surface area contributed by atoms with Gasteiger partial charge < -0.3 is 10.2 Å². The van der Waals surface area contributed by atoms with Gasteiger partial charge >= 0.3 is 0 Å². The largest absolute Gasteiger partial charge is 0.335 e. The zero-order chi connectivity index (χ0) is 11.5. The number of rotatable bonds is 3. The van der Waals surface area contributed by atoms with E-state index in [1.165, 1.54) is 0 Å². The van der Waals surface area contributed by atoms with Gasteiger partial charge in [-0.05, 0) is 26.2 Å². The van der Waals surface area contributed by atoms with Gasteiger partial charge in [0.05, 0.1) is 0 Å². The Labute approximate surface area is 93.2 Å². The fraction of sp³-hybridized carbons (Fsp3) is 0.917. The molecule has 88 valence electrons. The van der Waals surface area contributed by atoms with Crippen LogP contribution in [0.15, 0.2) is 0 Å². The molecule has 1 aliphatic rings. The summed E-state index contributed by atoms with van der Waals surface area (Å²) < 4.78 is 0. The first-order chi connectivity index (χ1) is 6.93. The van der Waals surface area contributed by atoms with Gasteiger partial charge in [0.25, 0.3) is 0 Å². The summed E-state index contributed by atoms with van der Waals surface area (Å²) in [6.07, 6.45) is 1.69. The molecule has 1 fully saturated rings. The van der Waals surface area contributed by atoms with Gasteiger partial charge in [-0.1, -0.05) is 13.8 Å². The van der Waals surface area contributed by atoms with E-state index in [4.69, 9.17) is 0 Å². The zero-order valence-corrected chi connectivity index (χ0v) is 10.5. The minimum Gasteiger partial charge on any atom is -0.335 e. The predicted molar refractivity (Wildman–Crippen MR) is 62.7 cm³/mol. The van der Waals surface area contributed by atoms with Crippen molar-refractivity contribution in [2.24, 2.45) is 5.92 Å². The maximum atomic E-state index is 12.0. The van der Waals surface area contributed by atoms with Crippen LogP contribution in [0.25, 0.3) is 0 Å². The molecule has 1 heterocycles. The highest BCUT2D eigenvalue weighted by Gasteiger charge is 2.32. The molecule has 1 amide bonds. The molecule has 0 atom stereocenters. The highest BCUT2D eigenvalue weighted by atomic mass is 16.2. The summed E-state index contributed by atoms with van der Waals surface area (Å²) in [5.74, 6) is 0.926. The number of hydrogen-bond donors (Lipinski definition) is 1. The number of piperazine rings is 1. The normalized spacial score (nSPS) is 20.7. The van der Waals surface area contributed by atoms with Gasteiger partial charge in [0.15, 0.2) is 0 Å². The first-order valence-corrected chi connectivity index (χ1v) is 5.94. The van der Waals surface area contributed by atoms with Gasteiger partial charge in [-0.15, -0.1) is 0 Å². The molecule has 0 aliphatic carbocycles. The van der Waals surface area contributed by atoms with E-state index in [0.717, 1.165) is 26.1 Å². The van der Waals surface area contributed by atoms with Crippen molar-refractivity contribution in [3.8, 4) is 0 Å². The second-order valence-corrected chi connectivity index (χ2v) is 5.47. The van der Waals surface area contributed by atoms with Crippen LogP contribution in [-0.2, 0) is 4.79 Å². The molecule has 1 rings (SSSR count). The van der Waals surface area contributed by atoms with E-state index >= 15 is 0 Å². The van der Waals surface area contributed by atoms with Gasteiger partial charge in [0, 0.05) is 31.6 Å². The molecule has 0 radical (unpaired) electrons. The third kappa shape index (κ3) is 3.49. The summed E-state index contributed by atoms with van der Waals surface area (Å²) in [7, 11) is 0. The number of nitrogens with zero attached hydrogens (tertiary/aromatic N) is 1. The van der Waals surface area contributed by atoms with Crippen molar-refractivity contribution in [2.45, 2.75) is 46.1 Å². The van der Waals surface area contributed by atoms with Crippen LogP contribution >= 0.6 is 0 Å². The Balaban J connectivity index is 2.49. The van der Waals surface area contributed by atoms with Crippen molar-refractivity contribution in [2.75, 3.05) is 19.6 Å². The summed E-state index contributed by atoms with van der Waals surface area (Å²) >= 11 is 0. The molecule has 1 N–H and O–H groups in total. The highest BCUT2D eigenvalue weighted by Crippen LogP contribution is 2.18. The van der Waals surface area contributed by atoms with Crippen LogP contribution in [0.3, 0.4) is 0 Å². The van der Waals surface area contributed by atoms with E-state index in [0.29, 0.717) is 18.2 Å². The van der Waals surface area contributed by atoms with E-state index in [1.54, 1.807) is 0 Å². The van der Waals surface area contributed by atoms with Crippen molar-refractivity contribution in [1.29, 1.82) is 0 Å². The van der Waals surface area contributed by atoms with Crippen LogP contribution in [0.2, 0.25) is 0 Å². The van der Waals surface area contributed by atoms with Gasteiger partial charge in [0.1, 0.15) is 0 Å². The fourth-order valence-electron chi connectivity index (χ4n) is 1.99. The van der Waals surface area contributed by atoms with Crippen LogP contribution in [0.5, 0.6) is 0 Å². The zero-order valence-electron chi connectivity index (χ0n) is 10.5. The lowest BCUT2D eigenvalue weighted by molar-refractivity contribution is -0.137. The average molecular weight is 212 g/mol. The number of carbonyl (C=O) groups is 1. The molecule has 1 aliphatic heterocycles. The summed E-state index contributed by atoms with van der Waals surface area (Å²) in [4.78, 5) is 14.0. The molecule has 1 saturated heterocycles. The summed E-state index contributed by atoms with van der Waals surface area (Å²) in [5, 5.41) is 3.33. The Bertz CT molecular complexity index is 224. The second-order valence-electron chi connectivity index (χ2n) is 5.47. The van der Waals surface area contributed by atoms with E-state index in [1.807, 2.05) is 4.90 Å². The molecule has 0 aromatic rings. The molecular formula is C12H24N2O. The van der Waals surface area contributed by atoms with E-state index in [9.17, 15) is 4.79 Å². The van der Waals surface area contributed by atoms with Gasteiger partial charge in [0.2, 0.25) is 5.91 Å². The van der Waals surface area contributed by atoms with Crippen molar-refractivity contribution < 1.29 is 4.79 Å². The quantitative estimate of drug-likeness (QED) is 0.771. The van der Waals surface area contributed by atoms with E-state index < -0.39 is 0 Å². The van der Waals surface area contributed by atoms with Gasteiger partial charge in [-0.25, -0.2) is 0 Å². The van der Waals surface area contributed by atoms with Crippen LogP contribution in [0.1, 0.15) is 40.5 Å². The fourth-order valence-corrected chi connectivity index (χ4v) is 1.99. The molecular weight excluding hydrogens is 188 g/mol. The Morgan fingerprint density at radius 1 is 1.47 bits per heavy atom. The Morgan fingerprint density at radius 2 is 2.13 bits per heavy atom. The van der Waals surface area contributed by atoms with Gasteiger partial charge in [-0.3, -0.25) is 4.79 Å². The average Bonchev–Trinajstić information content (AvgIpc) is 2.13. The summed E-state index contributed by atoms with van der Waals surface area (Å²) in [6, 6.07) is 0. The van der Waals surface area contributed by atoms with E-state index in [2.05, 4.69) is 33.0 Å². The minimum atomic E-state index is -0.0215. The molecule has 3 nitrogen and oxygen atoms in total. The number of hydrogen-bond acceptors (Lipinski definition) is 2. The number of carbonyl (C=O) groups excluding carboxylic acids is 1. The SMILES string of the molecule is CC(C)CCC(=O)N1CCNCC1(C)C. The minimum absolute atomic E-state index is 0.0215. The molecule has 0 bridgehead atoms. The predicted octanol–water partition coefficient (Wildman–Crippen LogP) is 1.63. The molecule has 15 heavy (non-hydrogen) atoms. The van der Waals surface area contributed by atoms with Crippen molar-refractivity contribution in [3.05, 3.63) is 0 Å². The van der Waals surface area contributed by atoms with Crippen molar-refractivity contribution in [1.82, 2.24) is 10.2 Å². The molecule has 0 saturated carbocycles. The third-order valence-corrected chi connectivity index (χ3v) is 3.04. The molecule has 0 aromatic carbocycles. The Hall–Kier alpha value is -0.570. The Morgan fingerprint density at radius 3 is 2.67 bits per heavy atom. The maximum Gasteiger partial charge on any atom is 0.223 e. The van der Waals surface area contributed by atoms with E-state index in [-0.39, 0.29) is 5.54 Å². The molecule has 0 aromatic heterocycles. The molecule has 0 unspecified atom stereocenters. The maximum absolute atomic E-state index is 12.0. The lowest BCUT2D eigenvalue weighted by Crippen LogP contribution is -2.59. The van der Waals surface area contributed by atoms with Crippen molar-refractivity contribution in [3.63, 3.8) is 0 Å². The summed E-state index contributed by atoms with van der Waals surface area (Å²) in [5.41, 5.74) is -0.0215. The third-order valence-electron chi connectivity index (χ3n) is 3.04. The van der Waals surface area contributed by atoms with Crippen LogP contribution in [0.4, 0.5) is 0 Å². The standard InChI is InChI=1S/C12H24N2O/c1-10(2)5-6-11(15)14-8-7-13-9-12(14,3)4/h10,13H,5-9H2,1-4H3. The van der Waals surface area contributed by atoms with Gasteiger partial charge in [-0.2, -0.15) is 0 Å². The van der Waals surface area contributed by atoms with Crippen molar-refractivity contribution >= 4 is 5.91 Å². The topological polar surface area (TPSA) is 32.3 Å². The first kappa shape index (κ1) is 12.5. The van der Waals surface area contributed by atoms with Crippen LogP contribution in [-0.4, -0.2) is 36.0 Å². The first-order valence-electron chi connectivity index (χ1n) is 5.94. The number of amides is 1. The smallest absolute Gasteiger partial charge is 0.223 e. The lowest BCUT2D eigenvalue weighted by Gasteiger charge is -2.43. The number of nitrogens with one attached hydrogen (secondary N) is 1. The molecule has 0 spiro atoms. The van der Waals surface area contributed by atoms with Crippen LogP contribution in [0, 0.1) is 5.92 Å². The summed E-state index contributed by atoms with van der Waals surface area (Å²) in [6.45, 7) is 11.3. The van der Waals surface area contributed by atoms with Crippen LogP contribution < -0.4 is 5.32 Å². The highest BCUT2D eigenvalue weighted by molar-refractivity contribution is 5.77. The second kappa shape index (κ2) is 4.97. The lowest BCUT2D eigenvalue weighted by atomic mass is 9.98. The monoisotopic (exact) mass is 212 g/mol.